The number of benzene rings is 1. The van der Waals surface area contributed by atoms with Crippen molar-refractivity contribution in [1.82, 2.24) is 0 Å². The Kier molecular flexibility index (Phi) is 13.3. The number of carbonyl (C=O) groups is 2. The highest BCUT2D eigenvalue weighted by atomic mass is 16.1. The third-order valence-electron chi connectivity index (χ3n) is 1.91. The van der Waals surface area contributed by atoms with E-state index in [1.165, 1.54) is 0 Å². The molecule has 0 unspecified atom stereocenters. The second-order valence-electron chi connectivity index (χ2n) is 2.93. The molecule has 0 fully saturated rings. The molecule has 0 aliphatic heterocycles. The Bertz CT molecular complexity index is 299. The van der Waals surface area contributed by atoms with E-state index in [0.29, 0.717) is 18.4 Å². The highest BCUT2D eigenvalue weighted by Gasteiger charge is 2.00. The minimum absolute atomic E-state index is 0.221. The molecule has 17 heavy (non-hydrogen) atoms. The van der Waals surface area contributed by atoms with E-state index in [0.717, 1.165) is 11.8 Å². The van der Waals surface area contributed by atoms with Crippen molar-refractivity contribution in [3.63, 3.8) is 0 Å². The maximum atomic E-state index is 11.1. The highest BCUT2D eigenvalue weighted by Crippen LogP contribution is 2.04. The van der Waals surface area contributed by atoms with Gasteiger partial charge >= 0.3 is 0 Å². The van der Waals surface area contributed by atoms with Crippen molar-refractivity contribution in [3.05, 3.63) is 35.4 Å². The Hall–Kier alpha value is -1.44. The summed E-state index contributed by atoms with van der Waals surface area (Å²) in [4.78, 5) is 21.4. The molecular formula is C15H24O2. The predicted octanol–water partition coefficient (Wildman–Crippen LogP) is 4.07. The fourth-order valence-electron chi connectivity index (χ4n) is 1.07. The first-order valence-corrected chi connectivity index (χ1v) is 6.32. The Balaban J connectivity index is 0. The molecule has 0 atom stereocenters. The summed E-state index contributed by atoms with van der Waals surface area (Å²) in [6, 6.07) is 7.09. The van der Waals surface area contributed by atoms with Crippen LogP contribution < -0.4 is 0 Å². The third kappa shape index (κ3) is 8.38. The molecule has 0 aliphatic rings. The van der Waals surface area contributed by atoms with Crippen LogP contribution in [0, 0.1) is 0 Å². The van der Waals surface area contributed by atoms with Gasteiger partial charge in [-0.05, 0) is 5.56 Å². The van der Waals surface area contributed by atoms with E-state index < -0.39 is 0 Å². The van der Waals surface area contributed by atoms with Gasteiger partial charge in [-0.15, -0.1) is 0 Å². The van der Waals surface area contributed by atoms with Crippen molar-refractivity contribution in [1.29, 1.82) is 0 Å². The smallest absolute Gasteiger partial charge is 0.150 e. The molecule has 0 bridgehead atoms. The summed E-state index contributed by atoms with van der Waals surface area (Å²) < 4.78 is 0. The normalized spacial score (nSPS) is 8.06. The van der Waals surface area contributed by atoms with Gasteiger partial charge in [0.2, 0.25) is 0 Å². The Morgan fingerprint density at radius 1 is 1.06 bits per heavy atom. The average Bonchev–Trinajstić information content (AvgIpc) is 2.44. The van der Waals surface area contributed by atoms with Crippen LogP contribution in [0.3, 0.4) is 0 Å². The van der Waals surface area contributed by atoms with Gasteiger partial charge in [-0.3, -0.25) is 9.59 Å². The second kappa shape index (κ2) is 12.6. The summed E-state index contributed by atoms with van der Waals surface area (Å²) >= 11 is 0. The van der Waals surface area contributed by atoms with Crippen LogP contribution in [0.25, 0.3) is 0 Å². The van der Waals surface area contributed by atoms with E-state index in [9.17, 15) is 9.59 Å². The maximum Gasteiger partial charge on any atom is 0.150 e. The molecule has 0 radical (unpaired) electrons. The number of hydrogen-bond donors (Lipinski definition) is 0. The molecule has 0 saturated carbocycles. The fourth-order valence-corrected chi connectivity index (χ4v) is 1.07. The molecule has 0 spiro atoms. The average molecular weight is 236 g/mol. The number of Topliss-reactive ketones (excluding diaryl/α,β-unsaturated/α-hetero) is 1. The molecule has 0 aliphatic carbocycles. The van der Waals surface area contributed by atoms with E-state index in [1.54, 1.807) is 12.1 Å². The van der Waals surface area contributed by atoms with Crippen LogP contribution >= 0.6 is 0 Å². The van der Waals surface area contributed by atoms with Crippen molar-refractivity contribution in [3.8, 4) is 0 Å². The van der Waals surface area contributed by atoms with Gasteiger partial charge in [0.25, 0.3) is 0 Å². The molecule has 0 aromatic heterocycles. The summed E-state index contributed by atoms with van der Waals surface area (Å²) in [6.07, 6.45) is 1.83. The van der Waals surface area contributed by atoms with Crippen LogP contribution in [0.15, 0.2) is 24.3 Å². The second-order valence-corrected chi connectivity index (χ2v) is 2.93. The van der Waals surface area contributed by atoms with Crippen molar-refractivity contribution in [2.24, 2.45) is 0 Å². The molecule has 0 saturated heterocycles. The molecule has 0 heterocycles. The molecule has 1 aromatic carbocycles. The molecule has 0 amide bonds. The number of rotatable bonds is 4. The van der Waals surface area contributed by atoms with Gasteiger partial charge in [0.05, 0.1) is 0 Å². The fraction of sp³-hybridized carbons (Fsp3) is 0.467. The number of aldehydes is 1. The van der Waals surface area contributed by atoms with Crippen LogP contribution in [-0.2, 0) is 11.2 Å². The number of hydrogen-bond acceptors (Lipinski definition) is 2. The van der Waals surface area contributed by atoms with Gasteiger partial charge in [-0.2, -0.15) is 0 Å². The lowest BCUT2D eigenvalue weighted by Crippen LogP contribution is -1.99. The van der Waals surface area contributed by atoms with Crippen molar-refractivity contribution < 1.29 is 9.59 Å². The molecule has 96 valence electrons. The summed E-state index contributed by atoms with van der Waals surface area (Å²) in [7, 11) is 0. The first-order valence-electron chi connectivity index (χ1n) is 6.32. The molecule has 1 aromatic rings. The van der Waals surface area contributed by atoms with Crippen molar-refractivity contribution >= 4 is 12.1 Å². The zero-order valence-electron chi connectivity index (χ0n) is 11.6. The minimum Gasteiger partial charge on any atom is -0.299 e. The monoisotopic (exact) mass is 236 g/mol. The zero-order chi connectivity index (χ0) is 13.7. The SMILES string of the molecule is CC.CC.CCC(=O)Cc1ccc(C=O)cc1. The zero-order valence-corrected chi connectivity index (χ0v) is 11.6. The van der Waals surface area contributed by atoms with Crippen LogP contribution in [0.2, 0.25) is 0 Å². The van der Waals surface area contributed by atoms with Crippen LogP contribution in [0.4, 0.5) is 0 Å². The molecular weight excluding hydrogens is 212 g/mol. The highest BCUT2D eigenvalue weighted by molar-refractivity contribution is 5.81. The largest absolute Gasteiger partial charge is 0.299 e. The van der Waals surface area contributed by atoms with E-state index in [2.05, 4.69) is 0 Å². The lowest BCUT2D eigenvalue weighted by molar-refractivity contribution is -0.118. The van der Waals surface area contributed by atoms with E-state index >= 15 is 0 Å². The van der Waals surface area contributed by atoms with E-state index in [4.69, 9.17) is 0 Å². The van der Waals surface area contributed by atoms with Gasteiger partial charge in [0.1, 0.15) is 12.1 Å². The molecule has 2 heteroatoms. The van der Waals surface area contributed by atoms with Crippen LogP contribution in [-0.4, -0.2) is 12.1 Å². The van der Waals surface area contributed by atoms with Crippen molar-refractivity contribution in [2.45, 2.75) is 47.5 Å². The standard InChI is InChI=1S/C11H12O2.2C2H6/c1-2-11(13)7-9-3-5-10(8-12)6-4-9;2*1-2/h3-6,8H,2,7H2,1H3;2*1-2H3. The lowest BCUT2D eigenvalue weighted by Gasteiger charge is -1.98. The van der Waals surface area contributed by atoms with Gasteiger partial charge in [0.15, 0.2) is 0 Å². The molecule has 2 nitrogen and oxygen atoms in total. The van der Waals surface area contributed by atoms with Gasteiger partial charge in [-0.25, -0.2) is 0 Å². The number of carbonyl (C=O) groups excluding carboxylic acids is 2. The molecule has 0 N–H and O–H groups in total. The summed E-state index contributed by atoms with van der Waals surface area (Å²) in [5, 5.41) is 0. The first-order chi connectivity index (χ1) is 8.26. The Morgan fingerprint density at radius 2 is 1.53 bits per heavy atom. The summed E-state index contributed by atoms with van der Waals surface area (Å²) in [5.74, 6) is 0.221. The third-order valence-corrected chi connectivity index (χ3v) is 1.91. The predicted molar refractivity (Wildman–Crippen MR) is 73.5 cm³/mol. The van der Waals surface area contributed by atoms with Crippen LogP contribution in [0.5, 0.6) is 0 Å². The van der Waals surface area contributed by atoms with Crippen LogP contribution in [0.1, 0.15) is 57.0 Å². The summed E-state index contributed by atoms with van der Waals surface area (Å²) in [6.45, 7) is 9.85. The quantitative estimate of drug-likeness (QED) is 0.738. The summed E-state index contributed by atoms with van der Waals surface area (Å²) in [5.41, 5.74) is 1.62. The van der Waals surface area contributed by atoms with Gasteiger partial charge in [0, 0.05) is 18.4 Å². The van der Waals surface area contributed by atoms with Crippen molar-refractivity contribution in [2.75, 3.05) is 0 Å². The number of ketones is 1. The maximum absolute atomic E-state index is 11.1. The van der Waals surface area contributed by atoms with E-state index in [1.807, 2.05) is 46.8 Å². The van der Waals surface area contributed by atoms with E-state index in [-0.39, 0.29) is 5.78 Å². The topological polar surface area (TPSA) is 34.1 Å². The lowest BCUT2D eigenvalue weighted by atomic mass is 10.1. The van der Waals surface area contributed by atoms with Gasteiger partial charge in [-0.1, -0.05) is 58.9 Å². The van der Waals surface area contributed by atoms with Gasteiger partial charge < -0.3 is 0 Å². The Morgan fingerprint density at radius 3 is 1.88 bits per heavy atom. The molecule has 1 rings (SSSR count). The first kappa shape index (κ1) is 17.9. The minimum atomic E-state index is 0.221. The Labute approximate surface area is 105 Å².